The van der Waals surface area contributed by atoms with Crippen LogP contribution in [-0.2, 0) is 75.5 Å². The van der Waals surface area contributed by atoms with Gasteiger partial charge in [-0.1, -0.05) is 180 Å². The molecule has 0 spiro atoms. The molecule has 16 rings (SSSR count). The van der Waals surface area contributed by atoms with Gasteiger partial charge in [-0.05, 0) is 235 Å². The van der Waals surface area contributed by atoms with Crippen LogP contribution in [0, 0.1) is 27.7 Å². The number of fused-ring (bicyclic) bond motifs is 12. The fraction of sp³-hybridized carbons (Fsp3) is 0.292. The van der Waals surface area contributed by atoms with E-state index in [0.29, 0.717) is 0 Å². The highest BCUT2D eigenvalue weighted by molar-refractivity contribution is 5.89. The van der Waals surface area contributed by atoms with Gasteiger partial charge < -0.3 is 0 Å². The van der Waals surface area contributed by atoms with Crippen molar-refractivity contribution in [3.8, 4) is 89.5 Å². The molecule has 0 atom stereocenters. The fourth-order valence-electron chi connectivity index (χ4n) is 17.4. The van der Waals surface area contributed by atoms with Crippen LogP contribution in [0.4, 0.5) is 0 Å². The summed E-state index contributed by atoms with van der Waals surface area (Å²) in [6.45, 7) is 36.8. The minimum Gasteiger partial charge on any atom is -0.201 e. The first kappa shape index (κ1) is 68.9. The molecule has 4 aliphatic carbocycles. The summed E-state index contributed by atoms with van der Waals surface area (Å²) in [4.78, 5) is 0. The Morgan fingerprint density at radius 1 is 0.250 bits per heavy atom. The lowest BCUT2D eigenvalue weighted by Crippen LogP contribution is -2.30. The van der Waals surface area contributed by atoms with Crippen molar-refractivity contribution >= 4 is 0 Å². The lowest BCUT2D eigenvalue weighted by atomic mass is 9.79. The summed E-state index contributed by atoms with van der Waals surface area (Å²) in [7, 11) is 8.49. The van der Waals surface area contributed by atoms with E-state index in [1.165, 1.54) is 179 Å². The Labute approximate surface area is 598 Å². The maximum Gasteiger partial charge on any atom is 0.212 e. The van der Waals surface area contributed by atoms with Crippen LogP contribution in [0.3, 0.4) is 0 Å². The molecule has 0 saturated carbocycles. The Bertz CT molecular complexity index is 5200. The van der Waals surface area contributed by atoms with Gasteiger partial charge >= 0.3 is 0 Å². The minimum atomic E-state index is 0.0473. The Morgan fingerprint density at radius 2 is 0.600 bits per heavy atom. The van der Waals surface area contributed by atoms with E-state index in [2.05, 4.69) is 376 Å². The number of benzene rings is 8. The van der Waals surface area contributed by atoms with Crippen molar-refractivity contribution in [2.24, 2.45) is 28.2 Å². The van der Waals surface area contributed by atoms with Crippen molar-refractivity contribution in [2.75, 3.05) is 0 Å². The molecule has 8 aromatic carbocycles. The van der Waals surface area contributed by atoms with Crippen LogP contribution in [0.15, 0.2) is 219 Å². The highest BCUT2D eigenvalue weighted by Gasteiger charge is 2.42. The van der Waals surface area contributed by atoms with Gasteiger partial charge in [-0.2, -0.15) is 0 Å². The van der Waals surface area contributed by atoms with Gasteiger partial charge in [-0.25, -0.2) is 18.3 Å². The Hall–Kier alpha value is -9.64. The molecule has 0 radical (unpaired) electrons. The molecule has 4 heteroatoms. The molecule has 4 nitrogen and oxygen atoms in total. The molecule has 0 aliphatic heterocycles. The van der Waals surface area contributed by atoms with Crippen LogP contribution >= 0.6 is 0 Å². The van der Waals surface area contributed by atoms with E-state index in [0.717, 1.165) is 25.7 Å². The van der Waals surface area contributed by atoms with Crippen LogP contribution in [0.1, 0.15) is 172 Å². The zero-order chi connectivity index (χ0) is 71.1. The zero-order valence-corrected chi connectivity index (χ0v) is 63.4. The summed E-state index contributed by atoms with van der Waals surface area (Å²) in [5.74, 6) is 0. The van der Waals surface area contributed by atoms with Gasteiger partial charge in [0.15, 0.2) is 24.8 Å². The van der Waals surface area contributed by atoms with Gasteiger partial charge in [0.1, 0.15) is 28.2 Å². The molecule has 0 amide bonds. The van der Waals surface area contributed by atoms with E-state index in [4.69, 9.17) is 0 Å². The Balaban J connectivity index is 0.000000119. The van der Waals surface area contributed by atoms with Crippen molar-refractivity contribution in [2.45, 2.75) is 158 Å². The highest BCUT2D eigenvalue weighted by atomic mass is 14.9. The third-order valence-electron chi connectivity index (χ3n) is 23.3. The van der Waals surface area contributed by atoms with Crippen LogP contribution in [0.25, 0.3) is 89.5 Å². The second-order valence-corrected chi connectivity index (χ2v) is 31.0. The highest BCUT2D eigenvalue weighted by Crippen LogP contribution is 2.55. The van der Waals surface area contributed by atoms with Crippen molar-refractivity contribution in [3.05, 3.63) is 308 Å². The standard InChI is InChI=1S/4C24H26N/c1-6-17-10-9-11-20-23(17)19-14-16(2)18(15-21(19)24(20,3)4)22-12-7-8-13-25(22)5;1-6-17-10-9-11-18-20-14-16(2)19(22-12-7-8-13-25(22)5)15-21(20)24(3,4)23(17)18;1-6-17-10-11-21-20(14-17)19-13-16(2)18(15-22(19)24(21,3)4)23-9-7-8-12-25(23)5;1-6-17-10-11-18-20-13-16(2)19(23-9-7-8-12-25(23)5)15-22(20)24(3,4)21(18)14-17/h4*7-15H,6H2,1-5H3/q4*+1. The van der Waals surface area contributed by atoms with Crippen LogP contribution in [0.5, 0.6) is 0 Å². The SMILES string of the molecule is CCc1ccc2c(c1)-c1cc(C)c(-c3cccc[n+]3C)cc1C2(C)C.CCc1ccc2c(c1)C(C)(C)c1cc(-c3cccc[n+]3C)c(C)cc1-2.CCc1cccc2c1-c1cc(C)c(-c3cccc[n+]3C)cc1C2(C)C.CCc1cccc2c1C(C)(C)c1cc(-c3cccc[n+]3C)c(C)cc1-2. The van der Waals surface area contributed by atoms with Crippen LogP contribution in [-0.4, -0.2) is 0 Å². The topological polar surface area (TPSA) is 15.5 Å². The second-order valence-electron chi connectivity index (χ2n) is 31.0. The summed E-state index contributed by atoms with van der Waals surface area (Å²) in [5, 5.41) is 0. The molecular formula is C96H104N4+4. The van der Waals surface area contributed by atoms with Gasteiger partial charge in [-0.15, -0.1) is 0 Å². The van der Waals surface area contributed by atoms with Gasteiger partial charge in [0, 0.05) is 92.4 Å². The molecule has 0 saturated heterocycles. The zero-order valence-electron chi connectivity index (χ0n) is 63.4. The van der Waals surface area contributed by atoms with Gasteiger partial charge in [-0.3, -0.25) is 0 Å². The molecule has 4 heterocycles. The lowest BCUT2D eigenvalue weighted by Gasteiger charge is -2.24. The summed E-state index contributed by atoms with van der Waals surface area (Å²) in [6, 6.07) is 72.6. The van der Waals surface area contributed by atoms with Crippen molar-refractivity contribution in [1.29, 1.82) is 0 Å². The largest absolute Gasteiger partial charge is 0.212 e. The summed E-state index contributed by atoms with van der Waals surface area (Å²) in [6.07, 6.45) is 12.8. The van der Waals surface area contributed by atoms with E-state index < -0.39 is 0 Å². The smallest absolute Gasteiger partial charge is 0.201 e. The van der Waals surface area contributed by atoms with Gasteiger partial charge in [0.05, 0.1) is 0 Å². The first-order chi connectivity index (χ1) is 47.8. The third kappa shape index (κ3) is 11.7. The van der Waals surface area contributed by atoms with E-state index >= 15 is 0 Å². The number of hydrogen-bond acceptors (Lipinski definition) is 0. The minimum absolute atomic E-state index is 0.0473. The number of aromatic nitrogens is 4. The van der Waals surface area contributed by atoms with Gasteiger partial charge in [0.2, 0.25) is 22.8 Å². The summed E-state index contributed by atoms with van der Waals surface area (Å²) >= 11 is 0. The predicted molar refractivity (Wildman–Crippen MR) is 419 cm³/mol. The molecule has 0 fully saturated rings. The second kappa shape index (κ2) is 26.5. The molecule has 0 bridgehead atoms. The number of rotatable bonds is 8. The van der Waals surface area contributed by atoms with Crippen molar-refractivity contribution in [3.63, 3.8) is 0 Å². The first-order valence-corrected chi connectivity index (χ1v) is 36.7. The number of pyridine rings is 4. The molecule has 0 unspecified atom stereocenters. The van der Waals surface area contributed by atoms with Gasteiger partial charge in [0.25, 0.3) is 0 Å². The molecule has 12 aromatic rings. The average Bonchev–Trinajstić information content (AvgIpc) is 1.60. The normalized spacial score (nSPS) is 14.3. The molecular weight excluding hydrogens is 1210 g/mol. The van der Waals surface area contributed by atoms with E-state index in [-0.39, 0.29) is 21.7 Å². The van der Waals surface area contributed by atoms with E-state index in [9.17, 15) is 0 Å². The monoisotopic (exact) mass is 1310 g/mol. The molecule has 4 aromatic heterocycles. The fourth-order valence-corrected chi connectivity index (χ4v) is 17.4. The quantitative estimate of drug-likeness (QED) is 0.135. The van der Waals surface area contributed by atoms with E-state index in [1.54, 1.807) is 0 Å². The molecule has 504 valence electrons. The third-order valence-corrected chi connectivity index (χ3v) is 23.3. The number of aryl methyl sites for hydroxylation is 12. The molecule has 4 aliphatic rings. The number of nitrogens with zero attached hydrogens (tertiary/aromatic N) is 4. The van der Waals surface area contributed by atoms with Crippen molar-refractivity contribution in [1.82, 2.24) is 0 Å². The Morgan fingerprint density at radius 3 is 1.05 bits per heavy atom. The predicted octanol–water partition coefficient (Wildman–Crippen LogP) is 21.4. The van der Waals surface area contributed by atoms with Crippen molar-refractivity contribution < 1.29 is 18.3 Å². The summed E-state index contributed by atoms with van der Waals surface area (Å²) in [5.41, 5.74) is 44.8. The van der Waals surface area contributed by atoms with Crippen LogP contribution in [0.2, 0.25) is 0 Å². The maximum absolute atomic E-state index is 2.43. The Kier molecular flexibility index (Phi) is 18.2. The lowest BCUT2D eigenvalue weighted by molar-refractivity contribution is -0.660. The average molecular weight is 1310 g/mol. The maximum atomic E-state index is 2.43. The molecule has 100 heavy (non-hydrogen) atoms. The van der Waals surface area contributed by atoms with Crippen LogP contribution < -0.4 is 18.3 Å². The number of hydrogen-bond donors (Lipinski definition) is 0. The summed E-state index contributed by atoms with van der Waals surface area (Å²) < 4.78 is 8.83. The molecule has 0 N–H and O–H groups in total. The first-order valence-electron chi connectivity index (χ1n) is 36.7. The van der Waals surface area contributed by atoms with E-state index in [1.807, 2.05) is 0 Å².